The van der Waals surface area contributed by atoms with Gasteiger partial charge < -0.3 is 15.1 Å². The van der Waals surface area contributed by atoms with Crippen molar-refractivity contribution in [2.75, 3.05) is 45.6 Å². The Balaban J connectivity index is 1.68. The molecular weight excluding hydrogens is 328 g/mol. The van der Waals surface area contributed by atoms with Gasteiger partial charge in [0.1, 0.15) is 0 Å². The molecule has 3 saturated heterocycles. The van der Waals surface area contributed by atoms with Crippen LogP contribution in [0.4, 0.5) is 10.5 Å². The average Bonchev–Trinajstić information content (AvgIpc) is 2.92. The van der Waals surface area contributed by atoms with Crippen molar-refractivity contribution in [3.05, 3.63) is 29.8 Å². The van der Waals surface area contributed by atoms with Gasteiger partial charge in [0.15, 0.2) is 0 Å². The molecule has 1 N–H and O–H groups in total. The van der Waals surface area contributed by atoms with Gasteiger partial charge in [-0.2, -0.15) is 0 Å². The van der Waals surface area contributed by atoms with E-state index >= 15 is 0 Å². The summed E-state index contributed by atoms with van der Waals surface area (Å²) in [5.41, 5.74) is 2.05. The van der Waals surface area contributed by atoms with Gasteiger partial charge in [-0.1, -0.05) is 25.1 Å². The molecule has 0 saturated carbocycles. The van der Waals surface area contributed by atoms with Crippen LogP contribution in [0.2, 0.25) is 0 Å². The molecule has 6 nitrogen and oxygen atoms in total. The number of carbonyl (C=O) groups excluding carboxylic acids is 2. The van der Waals surface area contributed by atoms with Crippen molar-refractivity contribution in [2.45, 2.75) is 32.2 Å². The number of amides is 3. The Morgan fingerprint density at radius 2 is 1.92 bits per heavy atom. The fourth-order valence-corrected chi connectivity index (χ4v) is 4.03. The van der Waals surface area contributed by atoms with Crippen LogP contribution in [0.5, 0.6) is 0 Å². The summed E-state index contributed by atoms with van der Waals surface area (Å²) in [6.45, 7) is 4.98. The molecule has 0 aromatic heterocycles. The Morgan fingerprint density at radius 3 is 2.65 bits per heavy atom. The van der Waals surface area contributed by atoms with E-state index in [1.54, 1.807) is 19.0 Å². The lowest BCUT2D eigenvalue weighted by Crippen LogP contribution is -2.49. The molecule has 0 radical (unpaired) electrons. The van der Waals surface area contributed by atoms with Crippen molar-refractivity contribution < 1.29 is 9.59 Å². The van der Waals surface area contributed by atoms with Gasteiger partial charge in [0, 0.05) is 45.5 Å². The largest absolute Gasteiger partial charge is 0.348 e. The SMILES string of the molecule is CCc1ccccc1NC(=O)N1C[C@@H]2CC[C@H]1CN(CC(=O)N(C)C)C2. The van der Waals surface area contributed by atoms with E-state index < -0.39 is 0 Å². The third-order valence-corrected chi connectivity index (χ3v) is 5.55. The minimum Gasteiger partial charge on any atom is -0.348 e. The highest BCUT2D eigenvalue weighted by Crippen LogP contribution is 2.29. The number of anilines is 1. The van der Waals surface area contributed by atoms with Gasteiger partial charge in [-0.05, 0) is 36.8 Å². The van der Waals surface area contributed by atoms with Crippen molar-refractivity contribution in [2.24, 2.45) is 5.92 Å². The average molecular weight is 358 g/mol. The number of piperidine rings is 1. The Kier molecular flexibility index (Phi) is 5.81. The van der Waals surface area contributed by atoms with Crippen molar-refractivity contribution >= 4 is 17.6 Å². The number of benzene rings is 1. The predicted molar refractivity (Wildman–Crippen MR) is 103 cm³/mol. The summed E-state index contributed by atoms with van der Waals surface area (Å²) in [6.07, 6.45) is 3.04. The third-order valence-electron chi connectivity index (χ3n) is 5.55. The fourth-order valence-electron chi connectivity index (χ4n) is 4.03. The highest BCUT2D eigenvalue weighted by Gasteiger charge is 2.37. The molecule has 0 spiro atoms. The molecule has 26 heavy (non-hydrogen) atoms. The lowest BCUT2D eigenvalue weighted by atomic mass is 9.95. The van der Waals surface area contributed by atoms with Crippen LogP contribution in [0.3, 0.4) is 0 Å². The first-order chi connectivity index (χ1) is 12.5. The smallest absolute Gasteiger partial charge is 0.322 e. The Labute approximate surface area is 156 Å². The van der Waals surface area contributed by atoms with E-state index in [9.17, 15) is 9.59 Å². The van der Waals surface area contributed by atoms with Gasteiger partial charge in [0.25, 0.3) is 0 Å². The monoisotopic (exact) mass is 358 g/mol. The quantitative estimate of drug-likeness (QED) is 0.898. The number of hydrogen-bond acceptors (Lipinski definition) is 3. The Bertz CT molecular complexity index is 661. The predicted octanol–water partition coefficient (Wildman–Crippen LogP) is 2.27. The first-order valence-electron chi connectivity index (χ1n) is 9.56. The van der Waals surface area contributed by atoms with Crippen LogP contribution in [0.15, 0.2) is 24.3 Å². The van der Waals surface area contributed by atoms with Crippen molar-refractivity contribution in [3.63, 3.8) is 0 Å². The number of rotatable bonds is 4. The van der Waals surface area contributed by atoms with Crippen LogP contribution >= 0.6 is 0 Å². The number of urea groups is 1. The maximum atomic E-state index is 12.9. The second-order valence-corrected chi connectivity index (χ2v) is 7.67. The Morgan fingerprint density at radius 1 is 1.15 bits per heavy atom. The molecule has 1 aromatic carbocycles. The lowest BCUT2D eigenvalue weighted by molar-refractivity contribution is -0.129. The van der Waals surface area contributed by atoms with E-state index in [0.717, 1.165) is 50.1 Å². The molecule has 1 aromatic rings. The first kappa shape index (κ1) is 18.7. The summed E-state index contributed by atoms with van der Waals surface area (Å²) in [4.78, 5) is 30.9. The molecule has 3 aliphatic rings. The van der Waals surface area contributed by atoms with Gasteiger partial charge in [-0.15, -0.1) is 0 Å². The molecule has 142 valence electrons. The van der Waals surface area contributed by atoms with Crippen LogP contribution in [-0.2, 0) is 11.2 Å². The van der Waals surface area contributed by atoms with Gasteiger partial charge in [0.2, 0.25) is 5.91 Å². The van der Waals surface area contributed by atoms with Gasteiger partial charge in [0.05, 0.1) is 6.54 Å². The van der Waals surface area contributed by atoms with E-state index in [-0.39, 0.29) is 18.0 Å². The normalized spacial score (nSPS) is 22.8. The second kappa shape index (κ2) is 8.08. The number of para-hydroxylation sites is 1. The second-order valence-electron chi connectivity index (χ2n) is 7.67. The van der Waals surface area contributed by atoms with E-state index in [1.165, 1.54) is 0 Å². The van der Waals surface area contributed by atoms with Gasteiger partial charge >= 0.3 is 6.03 Å². The number of aryl methyl sites for hydroxylation is 1. The van der Waals surface area contributed by atoms with E-state index in [0.29, 0.717) is 12.5 Å². The molecule has 3 aliphatic heterocycles. The molecule has 3 heterocycles. The van der Waals surface area contributed by atoms with Crippen LogP contribution < -0.4 is 5.32 Å². The number of likely N-dealkylation sites (N-methyl/N-ethyl adjacent to an activating group) is 1. The molecule has 6 heteroatoms. The third kappa shape index (κ3) is 4.18. The molecule has 4 rings (SSSR count). The summed E-state index contributed by atoms with van der Waals surface area (Å²) in [5, 5.41) is 3.11. The van der Waals surface area contributed by atoms with E-state index in [1.807, 2.05) is 23.1 Å². The minimum atomic E-state index is -0.0126. The van der Waals surface area contributed by atoms with Crippen LogP contribution in [-0.4, -0.2) is 73.0 Å². The lowest BCUT2D eigenvalue weighted by Gasteiger charge is -2.36. The molecule has 3 amide bonds. The van der Waals surface area contributed by atoms with E-state index in [4.69, 9.17) is 0 Å². The standard InChI is InChI=1S/C20H30N4O2/c1-4-16-7-5-6-8-18(16)21-20(26)24-12-15-9-10-17(24)13-23(11-15)14-19(25)22(2)3/h5-8,15,17H,4,9-14H2,1-3H3,(H,21,26)/t15-,17+/m1/s1. The van der Waals surface area contributed by atoms with Crippen molar-refractivity contribution in [1.29, 1.82) is 0 Å². The number of nitrogens with zero attached hydrogens (tertiary/aromatic N) is 3. The highest BCUT2D eigenvalue weighted by atomic mass is 16.2. The zero-order valence-electron chi connectivity index (χ0n) is 16.1. The zero-order valence-corrected chi connectivity index (χ0v) is 16.1. The summed E-state index contributed by atoms with van der Waals surface area (Å²) in [7, 11) is 3.58. The summed E-state index contributed by atoms with van der Waals surface area (Å²) >= 11 is 0. The fraction of sp³-hybridized carbons (Fsp3) is 0.600. The summed E-state index contributed by atoms with van der Waals surface area (Å²) in [6, 6.07) is 8.15. The van der Waals surface area contributed by atoms with Gasteiger partial charge in [-0.3, -0.25) is 9.69 Å². The molecule has 2 bridgehead atoms. The Hall–Kier alpha value is -2.08. The van der Waals surface area contributed by atoms with Crippen molar-refractivity contribution in [1.82, 2.24) is 14.7 Å². The molecule has 3 fully saturated rings. The number of carbonyl (C=O) groups is 2. The molecular formula is C20H30N4O2. The van der Waals surface area contributed by atoms with Crippen LogP contribution in [0.25, 0.3) is 0 Å². The zero-order chi connectivity index (χ0) is 18.7. The maximum Gasteiger partial charge on any atom is 0.322 e. The van der Waals surface area contributed by atoms with Gasteiger partial charge in [-0.25, -0.2) is 4.79 Å². The molecule has 2 atom stereocenters. The summed E-state index contributed by atoms with van der Waals surface area (Å²) < 4.78 is 0. The number of nitrogens with one attached hydrogen (secondary N) is 1. The first-order valence-corrected chi connectivity index (χ1v) is 9.56. The highest BCUT2D eigenvalue weighted by molar-refractivity contribution is 5.90. The minimum absolute atomic E-state index is 0.0126. The number of fused-ring (bicyclic) bond motifs is 4. The summed E-state index contributed by atoms with van der Waals surface area (Å²) in [5.74, 6) is 0.565. The van der Waals surface area contributed by atoms with Crippen LogP contribution in [0, 0.1) is 5.92 Å². The van der Waals surface area contributed by atoms with E-state index in [2.05, 4.69) is 23.2 Å². The van der Waals surface area contributed by atoms with Crippen LogP contribution in [0.1, 0.15) is 25.3 Å². The van der Waals surface area contributed by atoms with Crippen molar-refractivity contribution in [3.8, 4) is 0 Å². The topological polar surface area (TPSA) is 55.9 Å². The maximum absolute atomic E-state index is 12.9. The molecule has 0 unspecified atom stereocenters. The molecule has 0 aliphatic carbocycles. The number of hydrogen-bond donors (Lipinski definition) is 1.